The van der Waals surface area contributed by atoms with Crippen molar-refractivity contribution in [2.75, 3.05) is 5.48 Å². The van der Waals surface area contributed by atoms with Crippen LogP contribution < -0.4 is 5.48 Å². The molecule has 1 aromatic rings. The van der Waals surface area contributed by atoms with Gasteiger partial charge in [-0.05, 0) is 12.1 Å². The first kappa shape index (κ1) is 9.16. The molecular weight excluding hydrogens is 170 g/mol. The van der Waals surface area contributed by atoms with Gasteiger partial charge in [-0.3, -0.25) is 15.5 Å². The summed E-state index contributed by atoms with van der Waals surface area (Å²) in [4.78, 5) is 14.6. The van der Waals surface area contributed by atoms with E-state index in [2.05, 4.69) is 4.98 Å². The van der Waals surface area contributed by atoms with Crippen LogP contribution in [0, 0.1) is 11.3 Å². The predicted octanol–water partition coefficient (Wildman–Crippen LogP) is 0.957. The molecule has 13 heavy (non-hydrogen) atoms. The number of rotatable bonds is 2. The maximum absolute atomic E-state index is 10.9. The van der Waals surface area contributed by atoms with Gasteiger partial charge in [0.25, 0.3) is 0 Å². The lowest BCUT2D eigenvalue weighted by atomic mass is 10.2. The largest absolute Gasteiger partial charge is 0.293 e. The van der Waals surface area contributed by atoms with Crippen molar-refractivity contribution < 1.29 is 10.0 Å². The molecule has 0 unspecified atom stereocenters. The highest BCUT2D eigenvalue weighted by Gasteiger charge is 2.06. The smallest absolute Gasteiger partial charge is 0.178 e. The van der Waals surface area contributed by atoms with Crippen LogP contribution in [0.5, 0.6) is 0 Å². The second-order valence-corrected chi connectivity index (χ2v) is 2.37. The molecule has 1 rings (SSSR count). The summed E-state index contributed by atoms with van der Waals surface area (Å²) in [5.74, 6) is -0.226. The molecule has 0 atom stereocenters. The van der Waals surface area contributed by atoms with Gasteiger partial charge in [-0.25, -0.2) is 4.98 Å². The van der Waals surface area contributed by atoms with Crippen molar-refractivity contribution in [2.24, 2.45) is 0 Å². The molecule has 0 bridgehead atoms. The van der Waals surface area contributed by atoms with Gasteiger partial charge in [0.05, 0.1) is 5.56 Å². The zero-order valence-corrected chi connectivity index (χ0v) is 6.90. The molecule has 1 heterocycles. The van der Waals surface area contributed by atoms with Crippen LogP contribution in [0.15, 0.2) is 12.1 Å². The third kappa shape index (κ3) is 1.80. The number of nitrogens with one attached hydrogen (secondary N) is 1. The van der Waals surface area contributed by atoms with Crippen LogP contribution in [-0.2, 0) is 0 Å². The molecule has 5 nitrogen and oxygen atoms in total. The van der Waals surface area contributed by atoms with E-state index in [-0.39, 0.29) is 22.9 Å². The molecular formula is C8H7N3O2. The molecule has 0 radical (unpaired) electrons. The molecule has 0 aliphatic rings. The molecule has 0 amide bonds. The third-order valence-corrected chi connectivity index (χ3v) is 1.48. The van der Waals surface area contributed by atoms with Crippen LogP contribution in [0.4, 0.5) is 5.82 Å². The number of carbonyl (C=O) groups is 1. The molecule has 66 valence electrons. The minimum atomic E-state index is -0.221. The van der Waals surface area contributed by atoms with Gasteiger partial charge in [0.1, 0.15) is 11.8 Å². The van der Waals surface area contributed by atoms with E-state index in [9.17, 15) is 4.79 Å². The Kier molecular flexibility index (Phi) is 2.57. The molecule has 0 fully saturated rings. The van der Waals surface area contributed by atoms with Crippen molar-refractivity contribution in [3.63, 3.8) is 0 Å². The van der Waals surface area contributed by atoms with E-state index in [1.807, 2.05) is 6.07 Å². The van der Waals surface area contributed by atoms with Gasteiger partial charge in [0, 0.05) is 6.92 Å². The molecule has 0 spiro atoms. The summed E-state index contributed by atoms with van der Waals surface area (Å²) in [5, 5.41) is 17.1. The molecule has 0 saturated carbocycles. The second kappa shape index (κ2) is 3.65. The van der Waals surface area contributed by atoms with Crippen molar-refractivity contribution in [1.82, 2.24) is 4.98 Å². The minimum absolute atomic E-state index is 0.00444. The summed E-state index contributed by atoms with van der Waals surface area (Å²) in [6, 6.07) is 4.67. The Bertz CT molecular complexity index is 381. The molecule has 0 aromatic carbocycles. The zero-order valence-electron chi connectivity index (χ0n) is 6.90. The highest BCUT2D eigenvalue weighted by atomic mass is 16.5. The summed E-state index contributed by atoms with van der Waals surface area (Å²) >= 11 is 0. The van der Waals surface area contributed by atoms with Crippen molar-refractivity contribution in [3.8, 4) is 6.07 Å². The number of hydrogen-bond donors (Lipinski definition) is 2. The van der Waals surface area contributed by atoms with Gasteiger partial charge in [-0.15, -0.1) is 0 Å². The molecule has 1 aromatic heterocycles. The van der Waals surface area contributed by atoms with E-state index in [0.29, 0.717) is 0 Å². The first-order valence-electron chi connectivity index (χ1n) is 3.51. The lowest BCUT2D eigenvalue weighted by molar-refractivity contribution is 0.101. The van der Waals surface area contributed by atoms with E-state index >= 15 is 0 Å². The normalized spacial score (nSPS) is 9.00. The van der Waals surface area contributed by atoms with Gasteiger partial charge < -0.3 is 0 Å². The Hall–Kier alpha value is -1.93. The van der Waals surface area contributed by atoms with E-state index in [4.69, 9.17) is 10.5 Å². The average Bonchev–Trinajstić information content (AvgIpc) is 2.16. The highest BCUT2D eigenvalue weighted by Crippen LogP contribution is 2.11. The number of pyridine rings is 1. The molecule has 0 saturated heterocycles. The lowest BCUT2D eigenvalue weighted by Crippen LogP contribution is -2.03. The zero-order chi connectivity index (χ0) is 9.84. The fraction of sp³-hybridized carbons (Fsp3) is 0.125. The summed E-state index contributed by atoms with van der Waals surface area (Å²) in [6.45, 7) is 1.36. The number of anilines is 1. The van der Waals surface area contributed by atoms with Crippen LogP contribution in [0.25, 0.3) is 0 Å². The average molecular weight is 177 g/mol. The van der Waals surface area contributed by atoms with Crippen LogP contribution in [0.3, 0.4) is 0 Å². The Balaban J connectivity index is 3.23. The fourth-order valence-electron chi connectivity index (χ4n) is 0.831. The number of hydrogen-bond acceptors (Lipinski definition) is 5. The maximum atomic E-state index is 10.9. The third-order valence-electron chi connectivity index (χ3n) is 1.48. The number of Topliss-reactive ketones (excluding diaryl/α,β-unsaturated/α-hetero) is 1. The Morgan fingerprint density at radius 1 is 1.69 bits per heavy atom. The number of carbonyl (C=O) groups excluding carboxylic acids is 1. The Labute approximate surface area is 74.6 Å². The fourth-order valence-corrected chi connectivity index (χ4v) is 0.831. The summed E-state index contributed by atoms with van der Waals surface area (Å²) in [5.41, 5.74) is 2.15. The Morgan fingerprint density at radius 3 is 2.85 bits per heavy atom. The van der Waals surface area contributed by atoms with Gasteiger partial charge in [0.15, 0.2) is 11.6 Å². The minimum Gasteiger partial charge on any atom is -0.293 e. The first-order chi connectivity index (χ1) is 6.19. The summed E-state index contributed by atoms with van der Waals surface area (Å²) in [7, 11) is 0. The molecule has 0 aliphatic heterocycles. The summed E-state index contributed by atoms with van der Waals surface area (Å²) in [6.07, 6.45) is 0. The monoisotopic (exact) mass is 177 g/mol. The van der Waals surface area contributed by atoms with Crippen LogP contribution in [-0.4, -0.2) is 16.0 Å². The second-order valence-electron chi connectivity index (χ2n) is 2.37. The molecule has 0 aliphatic carbocycles. The highest BCUT2D eigenvalue weighted by molar-refractivity contribution is 5.92. The van der Waals surface area contributed by atoms with E-state index in [1.165, 1.54) is 19.1 Å². The van der Waals surface area contributed by atoms with Crippen molar-refractivity contribution in [1.29, 1.82) is 5.26 Å². The number of nitriles is 1. The number of nitrogens with zero attached hydrogens (tertiary/aromatic N) is 2. The van der Waals surface area contributed by atoms with Crippen molar-refractivity contribution in [2.45, 2.75) is 6.92 Å². The molecule has 5 heteroatoms. The lowest BCUT2D eigenvalue weighted by Gasteiger charge is -2.01. The van der Waals surface area contributed by atoms with E-state index in [0.717, 1.165) is 0 Å². The van der Waals surface area contributed by atoms with Crippen LogP contribution >= 0.6 is 0 Å². The Morgan fingerprint density at radius 2 is 2.38 bits per heavy atom. The maximum Gasteiger partial charge on any atom is 0.178 e. The summed E-state index contributed by atoms with van der Waals surface area (Å²) < 4.78 is 0. The van der Waals surface area contributed by atoms with Gasteiger partial charge in [0.2, 0.25) is 0 Å². The van der Waals surface area contributed by atoms with Crippen LogP contribution in [0.2, 0.25) is 0 Å². The molecule has 2 N–H and O–H groups in total. The van der Waals surface area contributed by atoms with E-state index < -0.39 is 0 Å². The topological polar surface area (TPSA) is 86.0 Å². The van der Waals surface area contributed by atoms with Crippen molar-refractivity contribution in [3.05, 3.63) is 23.4 Å². The quantitative estimate of drug-likeness (QED) is 0.519. The van der Waals surface area contributed by atoms with Gasteiger partial charge >= 0.3 is 0 Å². The van der Waals surface area contributed by atoms with Gasteiger partial charge in [-0.1, -0.05) is 0 Å². The van der Waals surface area contributed by atoms with Gasteiger partial charge in [-0.2, -0.15) is 5.26 Å². The van der Waals surface area contributed by atoms with E-state index in [1.54, 1.807) is 5.48 Å². The van der Waals surface area contributed by atoms with Crippen LogP contribution in [0.1, 0.15) is 23.0 Å². The standard InChI is InChI=1S/C8H7N3O2/c1-5(12)7-3-2-6(4-9)8(10-7)11-13/h2-3,13H,1H3,(H,10,11). The van der Waals surface area contributed by atoms with Crippen molar-refractivity contribution >= 4 is 11.6 Å². The number of ketones is 1. The predicted molar refractivity (Wildman–Crippen MR) is 44.4 cm³/mol. The first-order valence-corrected chi connectivity index (χ1v) is 3.51. The SMILES string of the molecule is CC(=O)c1ccc(C#N)c(NO)n1. The number of aromatic nitrogens is 1.